The van der Waals surface area contributed by atoms with Crippen LogP contribution < -0.4 is 10.2 Å². The van der Waals surface area contributed by atoms with Crippen molar-refractivity contribution in [3.8, 4) is 0 Å². The van der Waals surface area contributed by atoms with E-state index in [2.05, 4.69) is 25.2 Å². The largest absolute Gasteiger partial charge is 0.343 e. The number of nitrogens with zero attached hydrogens (tertiary/aromatic N) is 4. The molecule has 0 saturated carbocycles. The molecule has 1 N–H and O–H groups in total. The minimum absolute atomic E-state index is 0.686. The maximum absolute atomic E-state index is 6.04. The number of anilines is 3. The van der Waals surface area contributed by atoms with E-state index in [-0.39, 0.29) is 0 Å². The van der Waals surface area contributed by atoms with E-state index in [1.807, 2.05) is 68.8 Å². The topological polar surface area (TPSA) is 53.9 Å². The summed E-state index contributed by atoms with van der Waals surface area (Å²) < 4.78 is 0. The van der Waals surface area contributed by atoms with Crippen molar-refractivity contribution in [2.75, 3.05) is 23.8 Å². The Bertz CT molecular complexity index is 838. The third-order valence-electron chi connectivity index (χ3n) is 3.77. The second kappa shape index (κ2) is 7.94. The predicted molar refractivity (Wildman–Crippen MR) is 103 cm³/mol. The molecule has 0 bridgehead atoms. The van der Waals surface area contributed by atoms with Gasteiger partial charge in [0.2, 0.25) is 5.95 Å². The van der Waals surface area contributed by atoms with Gasteiger partial charge in [0.15, 0.2) is 0 Å². The number of aromatic nitrogens is 3. The highest BCUT2D eigenvalue weighted by Crippen LogP contribution is 2.21. The average Bonchev–Trinajstić information content (AvgIpc) is 2.60. The summed E-state index contributed by atoms with van der Waals surface area (Å²) >= 11 is 6.04. The number of hydrogen-bond donors (Lipinski definition) is 1. The Balaban J connectivity index is 1.72. The summed E-state index contributed by atoms with van der Waals surface area (Å²) in [7, 11) is 2.00. The smallest absolute Gasteiger partial charge is 0.227 e. The van der Waals surface area contributed by atoms with Crippen LogP contribution in [0.2, 0.25) is 5.02 Å². The standard InChI is InChI=1S/C19H20ClN5/c1-14-12-18(23-17-5-3-4-16(20)13-17)24-19(22-14)25(2)11-8-15-6-9-21-10-7-15/h3-7,9-10,12-13H,8,11H2,1-2H3,(H,22,23,24). The quantitative estimate of drug-likeness (QED) is 0.717. The van der Waals surface area contributed by atoms with Gasteiger partial charge in [-0.05, 0) is 49.2 Å². The van der Waals surface area contributed by atoms with Crippen LogP contribution in [0.5, 0.6) is 0 Å². The van der Waals surface area contributed by atoms with E-state index in [0.29, 0.717) is 11.0 Å². The molecule has 0 aliphatic heterocycles. The Morgan fingerprint density at radius 2 is 1.88 bits per heavy atom. The first-order valence-corrected chi connectivity index (χ1v) is 8.46. The predicted octanol–water partition coefficient (Wildman–Crippen LogP) is 4.26. The van der Waals surface area contributed by atoms with Gasteiger partial charge in [0.1, 0.15) is 5.82 Å². The summed E-state index contributed by atoms with van der Waals surface area (Å²) in [4.78, 5) is 15.3. The van der Waals surface area contributed by atoms with Gasteiger partial charge < -0.3 is 10.2 Å². The molecule has 0 aliphatic rings. The summed E-state index contributed by atoms with van der Waals surface area (Å²) in [5.74, 6) is 1.44. The highest BCUT2D eigenvalue weighted by molar-refractivity contribution is 6.30. The Hall–Kier alpha value is -2.66. The van der Waals surface area contributed by atoms with Crippen molar-refractivity contribution < 1.29 is 0 Å². The summed E-state index contributed by atoms with van der Waals surface area (Å²) in [5, 5.41) is 3.97. The molecule has 0 aliphatic carbocycles. The molecule has 25 heavy (non-hydrogen) atoms. The first-order chi connectivity index (χ1) is 12.1. The maximum atomic E-state index is 6.04. The fraction of sp³-hybridized carbons (Fsp3) is 0.211. The van der Waals surface area contributed by atoms with E-state index < -0.39 is 0 Å². The highest BCUT2D eigenvalue weighted by Gasteiger charge is 2.08. The minimum atomic E-state index is 0.686. The second-order valence-electron chi connectivity index (χ2n) is 5.86. The number of aryl methyl sites for hydroxylation is 1. The van der Waals surface area contributed by atoms with Crippen LogP contribution in [0.15, 0.2) is 54.9 Å². The van der Waals surface area contributed by atoms with Crippen molar-refractivity contribution in [1.29, 1.82) is 0 Å². The molecule has 0 atom stereocenters. The van der Waals surface area contributed by atoms with Crippen molar-refractivity contribution in [1.82, 2.24) is 15.0 Å². The SMILES string of the molecule is Cc1cc(Nc2cccc(Cl)c2)nc(N(C)CCc2ccncc2)n1. The van der Waals surface area contributed by atoms with Crippen molar-refractivity contribution >= 4 is 29.1 Å². The summed E-state index contributed by atoms with van der Waals surface area (Å²) in [5.41, 5.74) is 3.05. The van der Waals surface area contributed by atoms with Crippen molar-refractivity contribution in [2.45, 2.75) is 13.3 Å². The lowest BCUT2D eigenvalue weighted by Crippen LogP contribution is -2.23. The lowest BCUT2D eigenvalue weighted by Gasteiger charge is -2.18. The van der Waals surface area contributed by atoms with Crippen LogP contribution in [0.3, 0.4) is 0 Å². The van der Waals surface area contributed by atoms with Crippen LogP contribution in [0.4, 0.5) is 17.5 Å². The number of likely N-dealkylation sites (N-methyl/N-ethyl adjacent to an activating group) is 1. The number of nitrogens with one attached hydrogen (secondary N) is 1. The number of hydrogen-bond acceptors (Lipinski definition) is 5. The van der Waals surface area contributed by atoms with Crippen LogP contribution in [-0.2, 0) is 6.42 Å². The Kier molecular flexibility index (Phi) is 5.46. The Labute approximate surface area is 152 Å². The van der Waals surface area contributed by atoms with Gasteiger partial charge in [-0.25, -0.2) is 4.98 Å². The Morgan fingerprint density at radius 1 is 1.08 bits per heavy atom. The van der Waals surface area contributed by atoms with Crippen molar-refractivity contribution in [3.63, 3.8) is 0 Å². The van der Waals surface area contributed by atoms with E-state index in [4.69, 9.17) is 11.6 Å². The summed E-state index contributed by atoms with van der Waals surface area (Å²) in [6.07, 6.45) is 4.53. The maximum Gasteiger partial charge on any atom is 0.227 e. The number of pyridine rings is 1. The fourth-order valence-corrected chi connectivity index (χ4v) is 2.64. The van der Waals surface area contributed by atoms with Crippen LogP contribution in [-0.4, -0.2) is 28.5 Å². The van der Waals surface area contributed by atoms with Crippen LogP contribution in [0.25, 0.3) is 0 Å². The average molecular weight is 354 g/mol. The lowest BCUT2D eigenvalue weighted by molar-refractivity contribution is 0.833. The second-order valence-corrected chi connectivity index (χ2v) is 6.29. The fourth-order valence-electron chi connectivity index (χ4n) is 2.45. The van der Waals surface area contributed by atoms with Crippen LogP contribution in [0, 0.1) is 6.92 Å². The summed E-state index contributed by atoms with van der Waals surface area (Å²) in [6.45, 7) is 2.79. The van der Waals surface area contributed by atoms with E-state index in [0.717, 1.165) is 30.2 Å². The van der Waals surface area contributed by atoms with Gasteiger partial charge in [-0.1, -0.05) is 17.7 Å². The zero-order valence-electron chi connectivity index (χ0n) is 14.3. The van der Waals surface area contributed by atoms with Gasteiger partial charge in [0, 0.05) is 48.5 Å². The lowest BCUT2D eigenvalue weighted by atomic mass is 10.2. The van der Waals surface area contributed by atoms with Gasteiger partial charge in [0.25, 0.3) is 0 Å². The number of halogens is 1. The molecule has 128 valence electrons. The molecular formula is C19H20ClN5. The van der Waals surface area contributed by atoms with Crippen molar-refractivity contribution in [2.24, 2.45) is 0 Å². The summed E-state index contributed by atoms with van der Waals surface area (Å²) in [6, 6.07) is 13.5. The van der Waals surface area contributed by atoms with Gasteiger partial charge in [0.05, 0.1) is 0 Å². The normalized spacial score (nSPS) is 10.5. The Morgan fingerprint density at radius 3 is 2.64 bits per heavy atom. The first-order valence-electron chi connectivity index (χ1n) is 8.08. The zero-order valence-corrected chi connectivity index (χ0v) is 15.0. The third-order valence-corrected chi connectivity index (χ3v) is 4.00. The first kappa shape index (κ1) is 17.2. The third kappa shape index (κ3) is 4.90. The molecule has 0 spiro atoms. The van der Waals surface area contributed by atoms with Crippen molar-refractivity contribution in [3.05, 3.63) is 71.1 Å². The molecule has 5 nitrogen and oxygen atoms in total. The monoisotopic (exact) mass is 353 g/mol. The highest BCUT2D eigenvalue weighted by atomic mass is 35.5. The molecule has 2 aromatic heterocycles. The van der Waals surface area contributed by atoms with Gasteiger partial charge in [-0.2, -0.15) is 4.98 Å². The molecule has 0 fully saturated rings. The van der Waals surface area contributed by atoms with E-state index in [1.54, 1.807) is 0 Å². The minimum Gasteiger partial charge on any atom is -0.343 e. The molecule has 0 amide bonds. The molecule has 3 rings (SSSR count). The van der Waals surface area contributed by atoms with E-state index in [1.165, 1.54) is 5.56 Å². The zero-order chi connectivity index (χ0) is 17.6. The molecule has 3 aromatic rings. The number of rotatable bonds is 6. The van der Waals surface area contributed by atoms with Gasteiger partial charge in [-0.15, -0.1) is 0 Å². The molecule has 0 radical (unpaired) electrons. The van der Waals surface area contributed by atoms with E-state index >= 15 is 0 Å². The van der Waals surface area contributed by atoms with Crippen LogP contribution in [0.1, 0.15) is 11.3 Å². The van der Waals surface area contributed by atoms with E-state index in [9.17, 15) is 0 Å². The van der Waals surface area contributed by atoms with Crippen LogP contribution >= 0.6 is 11.6 Å². The molecule has 6 heteroatoms. The molecule has 2 heterocycles. The molecule has 0 unspecified atom stereocenters. The van der Waals surface area contributed by atoms with Gasteiger partial charge in [-0.3, -0.25) is 4.98 Å². The van der Waals surface area contributed by atoms with Gasteiger partial charge >= 0.3 is 0 Å². The molecule has 0 saturated heterocycles. The molecular weight excluding hydrogens is 334 g/mol. The molecule has 1 aromatic carbocycles. The number of benzene rings is 1.